The highest BCUT2D eigenvalue weighted by Crippen LogP contribution is 2.32. The quantitative estimate of drug-likeness (QED) is 0.839. The number of carbonyl (C=O) groups is 1. The normalized spacial score (nSPS) is 10.0. The summed E-state index contributed by atoms with van der Waals surface area (Å²) in [5.74, 6) is 0.338. The summed E-state index contributed by atoms with van der Waals surface area (Å²) in [6, 6.07) is 6.48. The number of nitrogens with zero attached hydrogens (tertiary/aromatic N) is 2. The Morgan fingerprint density at radius 1 is 1.30 bits per heavy atom. The molecule has 1 aromatic carbocycles. The van der Waals surface area contributed by atoms with Crippen LogP contribution >= 0.6 is 11.6 Å². The number of carbonyl (C=O) groups excluding carboxylic acids is 1. The number of ether oxygens (including phenoxy) is 2. The van der Waals surface area contributed by atoms with Crippen molar-refractivity contribution in [2.75, 3.05) is 12.4 Å². The van der Waals surface area contributed by atoms with Crippen molar-refractivity contribution in [1.29, 1.82) is 10.5 Å². The standard InChI is InChI=1S/C16H16ClN3O3/c1-16(2,3)23-15(21)20-13-7-14(22-4)12(17)6-11(13)5-10(8-18)9-19/h5-7H,1-4H3,(H,20,21). The minimum atomic E-state index is -0.674. The van der Waals surface area contributed by atoms with Gasteiger partial charge in [-0.3, -0.25) is 5.32 Å². The van der Waals surface area contributed by atoms with E-state index in [1.54, 1.807) is 32.9 Å². The lowest BCUT2D eigenvalue weighted by molar-refractivity contribution is 0.0636. The maximum absolute atomic E-state index is 11.9. The lowest BCUT2D eigenvalue weighted by Crippen LogP contribution is -2.27. The molecule has 120 valence electrons. The molecule has 0 radical (unpaired) electrons. The van der Waals surface area contributed by atoms with Crippen LogP contribution in [0, 0.1) is 22.7 Å². The predicted octanol–water partition coefficient (Wildman–Crippen LogP) is 4.13. The molecule has 0 fully saturated rings. The molecule has 0 atom stereocenters. The van der Waals surface area contributed by atoms with Crippen LogP contribution in [0.4, 0.5) is 10.5 Å². The van der Waals surface area contributed by atoms with Crippen LogP contribution < -0.4 is 10.1 Å². The number of anilines is 1. The molecular formula is C16H16ClN3O3. The Hall–Kier alpha value is -2.70. The number of methoxy groups -OCH3 is 1. The van der Waals surface area contributed by atoms with Crippen LogP contribution in [0.1, 0.15) is 26.3 Å². The van der Waals surface area contributed by atoms with Crippen molar-refractivity contribution in [2.45, 2.75) is 26.4 Å². The summed E-state index contributed by atoms with van der Waals surface area (Å²) in [6.07, 6.45) is 0.643. The van der Waals surface area contributed by atoms with Crippen molar-refractivity contribution in [1.82, 2.24) is 0 Å². The summed E-state index contributed by atoms with van der Waals surface area (Å²) in [5, 5.41) is 20.6. The van der Waals surface area contributed by atoms with Gasteiger partial charge in [-0.15, -0.1) is 0 Å². The van der Waals surface area contributed by atoms with Crippen molar-refractivity contribution in [3.8, 4) is 17.9 Å². The smallest absolute Gasteiger partial charge is 0.412 e. The van der Waals surface area contributed by atoms with Crippen molar-refractivity contribution < 1.29 is 14.3 Å². The van der Waals surface area contributed by atoms with E-state index in [2.05, 4.69) is 5.32 Å². The summed E-state index contributed by atoms with van der Waals surface area (Å²) in [4.78, 5) is 11.9. The van der Waals surface area contributed by atoms with E-state index >= 15 is 0 Å². The van der Waals surface area contributed by atoms with Crippen molar-refractivity contribution in [3.05, 3.63) is 28.3 Å². The number of amides is 1. The summed E-state index contributed by atoms with van der Waals surface area (Å²) < 4.78 is 10.3. The zero-order chi connectivity index (χ0) is 17.6. The number of benzene rings is 1. The van der Waals surface area contributed by atoms with Gasteiger partial charge in [0.05, 0.1) is 17.8 Å². The number of halogens is 1. The van der Waals surface area contributed by atoms with Crippen molar-refractivity contribution in [3.63, 3.8) is 0 Å². The predicted molar refractivity (Wildman–Crippen MR) is 87.1 cm³/mol. The van der Waals surface area contributed by atoms with Crippen LogP contribution in [0.25, 0.3) is 6.08 Å². The Balaban J connectivity index is 3.28. The van der Waals surface area contributed by atoms with Crippen molar-refractivity contribution >= 4 is 29.5 Å². The van der Waals surface area contributed by atoms with Crippen LogP contribution in [-0.4, -0.2) is 18.8 Å². The summed E-state index contributed by atoms with van der Waals surface area (Å²) in [7, 11) is 1.43. The van der Waals surface area contributed by atoms with Gasteiger partial charge in [-0.1, -0.05) is 11.6 Å². The van der Waals surface area contributed by atoms with Gasteiger partial charge >= 0.3 is 6.09 Å². The van der Waals surface area contributed by atoms with Crippen molar-refractivity contribution in [2.24, 2.45) is 0 Å². The monoisotopic (exact) mass is 333 g/mol. The molecule has 0 heterocycles. The van der Waals surface area contributed by atoms with Crippen LogP contribution in [0.2, 0.25) is 5.02 Å². The fraction of sp³-hybridized carbons (Fsp3) is 0.312. The number of hydrogen-bond acceptors (Lipinski definition) is 5. The minimum absolute atomic E-state index is 0.126. The van der Waals surface area contributed by atoms with Gasteiger partial charge in [-0.2, -0.15) is 10.5 Å². The van der Waals surface area contributed by atoms with Gasteiger partial charge in [0.1, 0.15) is 29.1 Å². The average Bonchev–Trinajstić information content (AvgIpc) is 2.44. The van der Waals surface area contributed by atoms with E-state index in [-0.39, 0.29) is 10.6 Å². The molecule has 0 aliphatic heterocycles. The van der Waals surface area contributed by atoms with Crippen LogP contribution in [0.3, 0.4) is 0 Å². The molecule has 1 aromatic rings. The third-order valence-corrected chi connectivity index (χ3v) is 2.80. The maximum atomic E-state index is 11.9. The van der Waals surface area contributed by atoms with Gasteiger partial charge in [0.15, 0.2) is 0 Å². The molecule has 0 bridgehead atoms. The second-order valence-corrected chi connectivity index (χ2v) is 5.89. The Bertz CT molecular complexity index is 706. The van der Waals surface area contributed by atoms with E-state index in [1.807, 2.05) is 0 Å². The molecule has 1 N–H and O–H groups in total. The van der Waals surface area contributed by atoms with E-state index in [0.29, 0.717) is 17.0 Å². The molecule has 0 aliphatic rings. The molecular weight excluding hydrogens is 318 g/mol. The summed E-state index contributed by atoms with van der Waals surface area (Å²) in [5.41, 5.74) is -0.0946. The SMILES string of the molecule is COc1cc(NC(=O)OC(C)(C)C)c(C=C(C#N)C#N)cc1Cl. The highest BCUT2D eigenvalue weighted by Gasteiger charge is 2.18. The lowest BCUT2D eigenvalue weighted by Gasteiger charge is -2.20. The Kier molecular flexibility index (Phi) is 6.01. The molecule has 0 saturated carbocycles. The van der Waals surface area contributed by atoms with E-state index in [1.165, 1.54) is 25.3 Å². The fourth-order valence-corrected chi connectivity index (χ4v) is 1.86. The lowest BCUT2D eigenvalue weighted by atomic mass is 10.1. The van der Waals surface area contributed by atoms with E-state index in [0.717, 1.165) is 0 Å². The molecule has 0 saturated heterocycles. The maximum Gasteiger partial charge on any atom is 0.412 e. The number of nitrogens with one attached hydrogen (secondary N) is 1. The summed E-state index contributed by atoms with van der Waals surface area (Å²) in [6.45, 7) is 5.21. The van der Waals surface area contributed by atoms with Gasteiger partial charge in [0, 0.05) is 11.6 Å². The first-order valence-corrected chi connectivity index (χ1v) is 6.97. The summed E-state index contributed by atoms with van der Waals surface area (Å²) >= 11 is 6.05. The van der Waals surface area contributed by atoms with E-state index in [4.69, 9.17) is 31.6 Å². The van der Waals surface area contributed by atoms with E-state index < -0.39 is 11.7 Å². The van der Waals surface area contributed by atoms with Gasteiger partial charge in [-0.05, 0) is 32.9 Å². The molecule has 1 rings (SSSR count). The van der Waals surface area contributed by atoms with Crippen LogP contribution in [0.5, 0.6) is 5.75 Å². The second-order valence-electron chi connectivity index (χ2n) is 5.48. The van der Waals surface area contributed by atoms with Gasteiger partial charge in [0.2, 0.25) is 0 Å². The molecule has 0 unspecified atom stereocenters. The van der Waals surface area contributed by atoms with Crippen LogP contribution in [-0.2, 0) is 4.74 Å². The first kappa shape index (κ1) is 18.3. The number of hydrogen-bond donors (Lipinski definition) is 1. The third-order valence-electron chi connectivity index (χ3n) is 2.50. The minimum Gasteiger partial charge on any atom is -0.495 e. The molecule has 6 nitrogen and oxygen atoms in total. The molecule has 23 heavy (non-hydrogen) atoms. The number of allylic oxidation sites excluding steroid dienone is 1. The molecule has 0 aliphatic carbocycles. The number of nitriles is 2. The van der Waals surface area contributed by atoms with Gasteiger partial charge in [-0.25, -0.2) is 4.79 Å². The first-order valence-electron chi connectivity index (χ1n) is 6.59. The Morgan fingerprint density at radius 3 is 2.39 bits per heavy atom. The molecule has 7 heteroatoms. The largest absolute Gasteiger partial charge is 0.495 e. The molecule has 0 aromatic heterocycles. The zero-order valence-electron chi connectivity index (χ0n) is 13.2. The van der Waals surface area contributed by atoms with Gasteiger partial charge < -0.3 is 9.47 Å². The second kappa shape index (κ2) is 7.53. The average molecular weight is 334 g/mol. The third kappa shape index (κ3) is 5.54. The first-order chi connectivity index (χ1) is 10.7. The Morgan fingerprint density at radius 2 is 1.91 bits per heavy atom. The van der Waals surface area contributed by atoms with Crippen LogP contribution in [0.15, 0.2) is 17.7 Å². The Labute approximate surface area is 139 Å². The zero-order valence-corrected chi connectivity index (χ0v) is 14.0. The fourth-order valence-electron chi connectivity index (χ4n) is 1.61. The number of rotatable bonds is 3. The van der Waals surface area contributed by atoms with Gasteiger partial charge in [0.25, 0.3) is 0 Å². The topological polar surface area (TPSA) is 95.1 Å². The molecule has 0 spiro atoms. The van der Waals surface area contributed by atoms with E-state index in [9.17, 15) is 4.79 Å². The highest BCUT2D eigenvalue weighted by molar-refractivity contribution is 6.32. The molecule has 1 amide bonds. The highest BCUT2D eigenvalue weighted by atomic mass is 35.5.